The van der Waals surface area contributed by atoms with Crippen LogP contribution in [-0.2, 0) is 14.4 Å². The van der Waals surface area contributed by atoms with Gasteiger partial charge >= 0.3 is 17.9 Å². The highest BCUT2D eigenvalue weighted by Gasteiger charge is 2.22. The van der Waals surface area contributed by atoms with Gasteiger partial charge in [-0.2, -0.15) is 0 Å². The summed E-state index contributed by atoms with van der Waals surface area (Å²) < 4.78 is 0. The normalized spacial score (nSPS) is 13.9. The van der Waals surface area contributed by atoms with Gasteiger partial charge in [0.1, 0.15) is 6.23 Å². The van der Waals surface area contributed by atoms with E-state index in [4.69, 9.17) is 15.3 Å². The van der Waals surface area contributed by atoms with Crippen LogP contribution in [0.15, 0.2) is 0 Å². The average molecular weight is 250 g/mol. The molecule has 0 aromatic rings. The van der Waals surface area contributed by atoms with Crippen LogP contribution in [0.3, 0.4) is 0 Å². The number of aliphatic carboxylic acids is 3. The van der Waals surface area contributed by atoms with Gasteiger partial charge in [-0.25, -0.2) is 0 Å². The molecule has 0 aliphatic carbocycles. The van der Waals surface area contributed by atoms with Gasteiger partial charge in [-0.05, 0) is 0 Å². The van der Waals surface area contributed by atoms with Crippen LogP contribution in [0.5, 0.6) is 0 Å². The Balaban J connectivity index is 4.27. The summed E-state index contributed by atoms with van der Waals surface area (Å²) in [6, 6.07) is -1.09. The Morgan fingerprint density at radius 1 is 0.882 bits per heavy atom. The summed E-state index contributed by atoms with van der Waals surface area (Å²) in [4.78, 5) is 30.9. The first-order chi connectivity index (χ1) is 7.82. The molecule has 0 saturated heterocycles. The number of hydrogen-bond acceptors (Lipinski definition) is 6. The maximum absolute atomic E-state index is 10.5. The number of aliphatic hydroxyl groups is 1. The molecule has 0 fully saturated rings. The van der Waals surface area contributed by atoms with Crippen LogP contribution < -0.4 is 10.6 Å². The lowest BCUT2D eigenvalue weighted by Crippen LogP contribution is -2.51. The van der Waals surface area contributed by atoms with Crippen LogP contribution in [-0.4, -0.2) is 63.7 Å². The van der Waals surface area contributed by atoms with Crippen molar-refractivity contribution >= 4 is 17.9 Å². The summed E-state index contributed by atoms with van der Waals surface area (Å²) in [6.45, 7) is -1.10. The molecule has 0 rings (SSSR count). The minimum absolute atomic E-state index is 0.538. The SMILES string of the molecule is O=C(O)CNC(O)C(CC(=O)O)NCC(=O)O. The highest BCUT2D eigenvalue weighted by Crippen LogP contribution is 1.97. The molecule has 0 aromatic heterocycles. The van der Waals surface area contributed by atoms with Crippen LogP contribution in [0.25, 0.3) is 0 Å². The predicted molar refractivity (Wildman–Crippen MR) is 53.3 cm³/mol. The Labute approximate surface area is 96.1 Å². The van der Waals surface area contributed by atoms with E-state index in [-0.39, 0.29) is 0 Å². The van der Waals surface area contributed by atoms with Crippen molar-refractivity contribution in [2.75, 3.05) is 13.1 Å². The highest BCUT2D eigenvalue weighted by molar-refractivity contribution is 5.70. The summed E-state index contributed by atoms with van der Waals surface area (Å²) in [5.41, 5.74) is 0. The van der Waals surface area contributed by atoms with Gasteiger partial charge in [0, 0.05) is 0 Å². The highest BCUT2D eigenvalue weighted by atomic mass is 16.4. The molecular weight excluding hydrogens is 236 g/mol. The second-order valence-corrected chi connectivity index (χ2v) is 3.20. The number of carboxylic acids is 3. The fraction of sp³-hybridized carbons (Fsp3) is 0.625. The van der Waals surface area contributed by atoms with Gasteiger partial charge in [0.2, 0.25) is 0 Å². The van der Waals surface area contributed by atoms with E-state index < -0.39 is 49.7 Å². The van der Waals surface area contributed by atoms with Gasteiger partial charge in [0.25, 0.3) is 0 Å². The monoisotopic (exact) mass is 250 g/mol. The first-order valence-electron chi connectivity index (χ1n) is 4.63. The standard InChI is InChI=1S/C8H14N2O7/c11-5(12)1-4(9-2-6(13)14)8(17)10-3-7(15)16/h4,8-10,17H,1-3H2,(H,11,12)(H,13,14)(H,15,16). The zero-order chi connectivity index (χ0) is 13.4. The second-order valence-electron chi connectivity index (χ2n) is 3.20. The number of carboxylic acid groups (broad SMARTS) is 3. The van der Waals surface area contributed by atoms with E-state index in [1.807, 2.05) is 0 Å². The van der Waals surface area contributed by atoms with Crippen molar-refractivity contribution in [3.8, 4) is 0 Å². The minimum atomic E-state index is -1.47. The van der Waals surface area contributed by atoms with Crippen LogP contribution >= 0.6 is 0 Å². The molecule has 98 valence electrons. The molecule has 9 heteroatoms. The lowest BCUT2D eigenvalue weighted by atomic mass is 10.1. The van der Waals surface area contributed by atoms with Crippen molar-refractivity contribution in [1.82, 2.24) is 10.6 Å². The lowest BCUT2D eigenvalue weighted by molar-refractivity contribution is -0.140. The Hall–Kier alpha value is -1.71. The average Bonchev–Trinajstić information content (AvgIpc) is 2.19. The molecule has 0 heterocycles. The molecule has 6 N–H and O–H groups in total. The van der Waals surface area contributed by atoms with E-state index in [9.17, 15) is 19.5 Å². The zero-order valence-electron chi connectivity index (χ0n) is 8.79. The summed E-state index contributed by atoms with van der Waals surface area (Å²) >= 11 is 0. The van der Waals surface area contributed by atoms with Crippen molar-refractivity contribution in [2.45, 2.75) is 18.7 Å². The first-order valence-corrected chi connectivity index (χ1v) is 4.63. The molecule has 17 heavy (non-hydrogen) atoms. The van der Waals surface area contributed by atoms with Gasteiger partial charge in [0.05, 0.1) is 25.6 Å². The summed E-state index contributed by atoms with van der Waals surface area (Å²) in [6.07, 6.45) is -2.01. The van der Waals surface area contributed by atoms with E-state index >= 15 is 0 Å². The molecule has 0 bridgehead atoms. The van der Waals surface area contributed by atoms with Crippen LogP contribution in [0, 0.1) is 0 Å². The molecular formula is C8H14N2O7. The van der Waals surface area contributed by atoms with Crippen molar-refractivity contribution in [3.05, 3.63) is 0 Å². The number of aliphatic hydroxyl groups excluding tert-OH is 1. The fourth-order valence-electron chi connectivity index (χ4n) is 1.04. The molecule has 0 aliphatic rings. The molecule has 0 amide bonds. The van der Waals surface area contributed by atoms with Crippen molar-refractivity contribution in [2.24, 2.45) is 0 Å². The van der Waals surface area contributed by atoms with Crippen molar-refractivity contribution in [3.63, 3.8) is 0 Å². The summed E-state index contributed by atoms with van der Waals surface area (Å²) in [7, 11) is 0. The second kappa shape index (κ2) is 7.54. The Kier molecular flexibility index (Phi) is 6.79. The molecule has 0 aliphatic heterocycles. The van der Waals surface area contributed by atoms with Gasteiger partial charge in [-0.15, -0.1) is 0 Å². The number of nitrogens with one attached hydrogen (secondary N) is 2. The van der Waals surface area contributed by atoms with E-state index in [0.717, 1.165) is 0 Å². The third-order valence-electron chi connectivity index (χ3n) is 1.75. The summed E-state index contributed by atoms with van der Waals surface area (Å²) in [5, 5.41) is 39.1. The molecule has 0 radical (unpaired) electrons. The third kappa shape index (κ3) is 8.13. The van der Waals surface area contributed by atoms with Crippen molar-refractivity contribution < 1.29 is 34.8 Å². The van der Waals surface area contributed by atoms with Gasteiger partial charge in [0.15, 0.2) is 0 Å². The van der Waals surface area contributed by atoms with Crippen LogP contribution in [0.2, 0.25) is 0 Å². The summed E-state index contributed by atoms with van der Waals surface area (Å²) in [5.74, 6) is -3.69. The number of carbonyl (C=O) groups is 3. The molecule has 2 unspecified atom stereocenters. The Bertz CT molecular complexity index is 294. The predicted octanol–water partition coefficient (Wildman–Crippen LogP) is -2.50. The molecule has 9 nitrogen and oxygen atoms in total. The Morgan fingerprint density at radius 2 is 1.35 bits per heavy atom. The van der Waals surface area contributed by atoms with Crippen molar-refractivity contribution in [1.29, 1.82) is 0 Å². The number of rotatable bonds is 9. The maximum Gasteiger partial charge on any atom is 0.317 e. The quantitative estimate of drug-likeness (QED) is 0.243. The molecule has 0 spiro atoms. The zero-order valence-corrected chi connectivity index (χ0v) is 8.79. The molecule has 0 aromatic carbocycles. The Morgan fingerprint density at radius 3 is 1.76 bits per heavy atom. The molecule has 0 saturated carbocycles. The third-order valence-corrected chi connectivity index (χ3v) is 1.75. The van der Waals surface area contributed by atoms with Crippen LogP contribution in [0.1, 0.15) is 6.42 Å². The van der Waals surface area contributed by atoms with E-state index in [2.05, 4.69) is 10.6 Å². The first kappa shape index (κ1) is 15.3. The smallest absolute Gasteiger partial charge is 0.317 e. The molecule has 2 atom stereocenters. The van der Waals surface area contributed by atoms with E-state index in [1.54, 1.807) is 0 Å². The van der Waals surface area contributed by atoms with E-state index in [0.29, 0.717) is 0 Å². The largest absolute Gasteiger partial charge is 0.481 e. The fourth-order valence-corrected chi connectivity index (χ4v) is 1.04. The lowest BCUT2D eigenvalue weighted by Gasteiger charge is -2.22. The van der Waals surface area contributed by atoms with E-state index in [1.165, 1.54) is 0 Å². The number of hydrogen-bond donors (Lipinski definition) is 6. The van der Waals surface area contributed by atoms with Gasteiger partial charge in [-0.3, -0.25) is 25.0 Å². The van der Waals surface area contributed by atoms with Crippen LogP contribution in [0.4, 0.5) is 0 Å². The minimum Gasteiger partial charge on any atom is -0.481 e. The van der Waals surface area contributed by atoms with Gasteiger partial charge < -0.3 is 20.4 Å². The maximum atomic E-state index is 10.5. The van der Waals surface area contributed by atoms with Gasteiger partial charge in [-0.1, -0.05) is 0 Å². The topological polar surface area (TPSA) is 156 Å².